The Morgan fingerprint density at radius 3 is 1.27 bits per heavy atom. The Hall–Kier alpha value is -8.21. The van der Waals surface area contributed by atoms with E-state index in [9.17, 15) is 0 Å². The molecule has 10 aromatic rings. The average molecular weight is 821 g/mol. The van der Waals surface area contributed by atoms with Crippen LogP contribution in [0.3, 0.4) is 0 Å². The van der Waals surface area contributed by atoms with Gasteiger partial charge in [-0.3, -0.25) is 0 Å². The van der Waals surface area contributed by atoms with Gasteiger partial charge in [-0.05, 0) is 86.5 Å². The number of aromatic nitrogens is 3. The van der Waals surface area contributed by atoms with Crippen molar-refractivity contribution in [2.24, 2.45) is 0 Å². The van der Waals surface area contributed by atoms with Crippen molar-refractivity contribution in [3.05, 3.63) is 242 Å². The largest absolute Gasteiger partial charge is 0.310 e. The van der Waals surface area contributed by atoms with E-state index in [0.717, 1.165) is 50.3 Å². The van der Waals surface area contributed by atoms with Gasteiger partial charge in [-0.2, -0.15) is 0 Å². The van der Waals surface area contributed by atoms with Crippen molar-refractivity contribution in [2.75, 3.05) is 4.90 Å². The van der Waals surface area contributed by atoms with Crippen molar-refractivity contribution in [3.8, 4) is 78.7 Å². The van der Waals surface area contributed by atoms with E-state index in [4.69, 9.17) is 15.0 Å². The Kier molecular flexibility index (Phi) is 9.82. The summed E-state index contributed by atoms with van der Waals surface area (Å²) in [6.07, 6.45) is 0. The number of hydrogen-bond acceptors (Lipinski definition) is 4. The molecule has 0 spiro atoms. The van der Waals surface area contributed by atoms with Gasteiger partial charge in [0, 0.05) is 39.0 Å². The first-order valence-corrected chi connectivity index (χ1v) is 21.9. The third-order valence-electron chi connectivity index (χ3n) is 12.6. The third kappa shape index (κ3) is 7.15. The van der Waals surface area contributed by atoms with E-state index in [1.807, 2.05) is 36.4 Å². The van der Waals surface area contributed by atoms with Crippen LogP contribution in [0.5, 0.6) is 0 Å². The summed E-state index contributed by atoms with van der Waals surface area (Å²) in [7, 11) is 0. The van der Waals surface area contributed by atoms with Gasteiger partial charge in [-0.15, -0.1) is 0 Å². The number of fused-ring (bicyclic) bond motifs is 3. The van der Waals surface area contributed by atoms with Crippen molar-refractivity contribution < 1.29 is 0 Å². The quantitative estimate of drug-likeness (QED) is 0.145. The number of nitrogens with zero attached hydrogens (tertiary/aromatic N) is 4. The fourth-order valence-electron chi connectivity index (χ4n) is 9.22. The summed E-state index contributed by atoms with van der Waals surface area (Å²) in [5.41, 5.74) is 18.2. The fourth-order valence-corrected chi connectivity index (χ4v) is 9.22. The van der Waals surface area contributed by atoms with Gasteiger partial charge in [0.15, 0.2) is 17.5 Å². The molecule has 11 rings (SSSR count). The third-order valence-corrected chi connectivity index (χ3v) is 12.6. The van der Waals surface area contributed by atoms with Crippen LogP contribution in [-0.4, -0.2) is 15.0 Å². The zero-order valence-corrected chi connectivity index (χ0v) is 35.7. The Balaban J connectivity index is 0.952. The van der Waals surface area contributed by atoms with Crippen LogP contribution in [-0.2, 0) is 5.41 Å². The van der Waals surface area contributed by atoms with Crippen molar-refractivity contribution in [1.82, 2.24) is 15.0 Å². The lowest BCUT2D eigenvalue weighted by Crippen LogP contribution is -2.16. The molecule has 304 valence electrons. The lowest BCUT2D eigenvalue weighted by Gasteiger charge is -2.29. The van der Waals surface area contributed by atoms with Gasteiger partial charge in [0.1, 0.15) is 0 Å². The van der Waals surface area contributed by atoms with Crippen LogP contribution in [0.15, 0.2) is 231 Å². The monoisotopic (exact) mass is 820 g/mol. The first kappa shape index (κ1) is 38.7. The first-order valence-electron chi connectivity index (χ1n) is 21.9. The van der Waals surface area contributed by atoms with E-state index in [1.54, 1.807) is 0 Å². The number of anilines is 3. The van der Waals surface area contributed by atoms with E-state index in [0.29, 0.717) is 17.5 Å². The molecule has 0 fully saturated rings. The summed E-state index contributed by atoms with van der Waals surface area (Å²) < 4.78 is 0. The molecule has 0 saturated heterocycles. The fraction of sp³-hybridized carbons (Fsp3) is 0.0500. The number of benzene rings is 9. The molecule has 0 saturated carbocycles. The summed E-state index contributed by atoms with van der Waals surface area (Å²) in [6, 6.07) is 81.6. The molecule has 1 aromatic heterocycles. The zero-order chi connectivity index (χ0) is 43.0. The van der Waals surface area contributed by atoms with E-state index in [-0.39, 0.29) is 5.41 Å². The lowest BCUT2D eigenvalue weighted by atomic mass is 9.82. The van der Waals surface area contributed by atoms with Crippen LogP contribution in [0.1, 0.15) is 25.0 Å². The molecule has 9 aromatic carbocycles. The highest BCUT2D eigenvalue weighted by Gasteiger charge is 2.37. The smallest absolute Gasteiger partial charge is 0.164 e. The Morgan fingerprint density at radius 1 is 0.312 bits per heavy atom. The maximum Gasteiger partial charge on any atom is 0.164 e. The van der Waals surface area contributed by atoms with E-state index in [1.165, 1.54) is 39.1 Å². The Labute approximate surface area is 374 Å². The molecule has 0 unspecified atom stereocenters. The van der Waals surface area contributed by atoms with Crippen LogP contribution >= 0.6 is 0 Å². The van der Waals surface area contributed by atoms with Gasteiger partial charge in [0.25, 0.3) is 0 Å². The average Bonchev–Trinajstić information content (AvgIpc) is 3.61. The van der Waals surface area contributed by atoms with Crippen LogP contribution in [0, 0.1) is 0 Å². The highest BCUT2D eigenvalue weighted by molar-refractivity contribution is 5.95. The van der Waals surface area contributed by atoms with Crippen LogP contribution in [0.4, 0.5) is 17.1 Å². The van der Waals surface area contributed by atoms with Gasteiger partial charge in [0.05, 0.1) is 5.69 Å². The summed E-state index contributed by atoms with van der Waals surface area (Å²) in [5.74, 6) is 1.90. The SMILES string of the molecule is CC1(C)c2ccccc2-c2c(N(c3ccc(-c4ccccc4)cc3)c3ccc(-c4ccc(-c5nc(-c6ccccc6)nc(-c6cccc(-c7ccccc7)c6)n5)cc4)cc3)cccc21. The molecule has 1 aliphatic rings. The summed E-state index contributed by atoms with van der Waals surface area (Å²) >= 11 is 0. The van der Waals surface area contributed by atoms with Crippen molar-refractivity contribution >= 4 is 17.1 Å². The standard InChI is InChI=1S/C60H44N4/c1-60(2)53-25-13-12-24-52(53)56-54(60)26-15-27-55(56)64(50-36-32-44(33-37-50)41-16-6-3-7-17-41)51-38-34-45(35-39-51)43-28-30-47(31-29-43)58-61-57(46-20-10-5-11-21-46)62-59(63-58)49-23-14-22-48(40-49)42-18-8-4-9-19-42/h3-40H,1-2H3. The van der Waals surface area contributed by atoms with Crippen LogP contribution in [0.25, 0.3) is 78.7 Å². The molecular formula is C60H44N4. The highest BCUT2D eigenvalue weighted by atomic mass is 15.1. The van der Waals surface area contributed by atoms with E-state index < -0.39 is 0 Å². The second kappa shape index (κ2) is 16.2. The minimum Gasteiger partial charge on any atom is -0.310 e. The Bertz CT molecular complexity index is 3250. The summed E-state index contributed by atoms with van der Waals surface area (Å²) in [5, 5.41) is 0. The molecule has 0 amide bonds. The molecule has 1 heterocycles. The van der Waals surface area contributed by atoms with Gasteiger partial charge in [0.2, 0.25) is 0 Å². The number of hydrogen-bond donors (Lipinski definition) is 0. The van der Waals surface area contributed by atoms with Gasteiger partial charge in [-0.1, -0.05) is 208 Å². The predicted octanol–water partition coefficient (Wildman–Crippen LogP) is 15.6. The van der Waals surface area contributed by atoms with Gasteiger partial charge >= 0.3 is 0 Å². The molecule has 0 bridgehead atoms. The predicted molar refractivity (Wildman–Crippen MR) is 265 cm³/mol. The van der Waals surface area contributed by atoms with Crippen LogP contribution < -0.4 is 4.90 Å². The molecule has 0 atom stereocenters. The normalized spacial score (nSPS) is 12.3. The van der Waals surface area contributed by atoms with E-state index in [2.05, 4.69) is 213 Å². The maximum atomic E-state index is 5.07. The molecule has 0 aliphatic heterocycles. The molecule has 0 N–H and O–H groups in total. The second-order valence-electron chi connectivity index (χ2n) is 16.9. The lowest BCUT2D eigenvalue weighted by molar-refractivity contribution is 0.660. The van der Waals surface area contributed by atoms with Crippen LogP contribution in [0.2, 0.25) is 0 Å². The molecule has 4 heteroatoms. The topological polar surface area (TPSA) is 41.9 Å². The highest BCUT2D eigenvalue weighted by Crippen LogP contribution is 2.54. The molecule has 64 heavy (non-hydrogen) atoms. The first-order chi connectivity index (χ1) is 31.5. The number of rotatable bonds is 9. The maximum absolute atomic E-state index is 5.07. The summed E-state index contributed by atoms with van der Waals surface area (Å²) in [6.45, 7) is 4.68. The van der Waals surface area contributed by atoms with E-state index >= 15 is 0 Å². The molecule has 0 radical (unpaired) electrons. The van der Waals surface area contributed by atoms with Gasteiger partial charge in [-0.25, -0.2) is 15.0 Å². The molecule has 4 nitrogen and oxygen atoms in total. The van der Waals surface area contributed by atoms with Crippen molar-refractivity contribution in [3.63, 3.8) is 0 Å². The second-order valence-corrected chi connectivity index (χ2v) is 16.9. The van der Waals surface area contributed by atoms with Crippen molar-refractivity contribution in [2.45, 2.75) is 19.3 Å². The minimum atomic E-state index is -0.111. The Morgan fingerprint density at radius 2 is 0.688 bits per heavy atom. The molecule has 1 aliphatic carbocycles. The summed E-state index contributed by atoms with van der Waals surface area (Å²) in [4.78, 5) is 17.5. The van der Waals surface area contributed by atoms with Gasteiger partial charge < -0.3 is 4.90 Å². The minimum absolute atomic E-state index is 0.111. The van der Waals surface area contributed by atoms with Crippen molar-refractivity contribution in [1.29, 1.82) is 0 Å². The molecular weight excluding hydrogens is 777 g/mol. The zero-order valence-electron chi connectivity index (χ0n) is 35.7.